The van der Waals surface area contributed by atoms with Gasteiger partial charge in [-0.15, -0.1) is 0 Å². The van der Waals surface area contributed by atoms with Crippen LogP contribution in [0, 0.1) is 0 Å². The molecule has 1 rings (SSSR count). The Labute approximate surface area is 82.3 Å². The van der Waals surface area contributed by atoms with E-state index < -0.39 is 12.1 Å². The molecule has 0 saturated heterocycles. The van der Waals surface area contributed by atoms with Gasteiger partial charge < -0.3 is 9.84 Å². The first-order chi connectivity index (χ1) is 6.11. The molecule has 4 nitrogen and oxygen atoms in total. The Morgan fingerprint density at radius 2 is 1.92 bits per heavy atom. The molecule has 0 bridgehead atoms. The summed E-state index contributed by atoms with van der Waals surface area (Å²) in [5, 5.41) is 8.18. The molecular formula is C8H5BrO4. The molecule has 0 fully saturated rings. The summed E-state index contributed by atoms with van der Waals surface area (Å²) in [5.41, 5.74) is 0.185. The fraction of sp³-hybridized carbons (Fsp3) is 0. The van der Waals surface area contributed by atoms with Crippen LogP contribution in [0.25, 0.3) is 0 Å². The first-order valence-electron chi connectivity index (χ1n) is 3.31. The summed E-state index contributed by atoms with van der Waals surface area (Å²) in [6, 6.07) is 6.42. The second kappa shape index (κ2) is 4.04. The van der Waals surface area contributed by atoms with Crippen LogP contribution in [0.3, 0.4) is 0 Å². The van der Waals surface area contributed by atoms with E-state index in [-0.39, 0.29) is 5.56 Å². The predicted octanol–water partition coefficient (Wildman–Crippen LogP) is 2.28. The van der Waals surface area contributed by atoms with Crippen molar-refractivity contribution in [2.24, 2.45) is 0 Å². The Bertz CT molecular complexity index is 348. The van der Waals surface area contributed by atoms with Crippen molar-refractivity contribution in [1.29, 1.82) is 0 Å². The quantitative estimate of drug-likeness (QED) is 0.608. The van der Waals surface area contributed by atoms with Crippen LogP contribution in [0.2, 0.25) is 0 Å². The first kappa shape index (κ1) is 9.73. The minimum atomic E-state index is -1.61. The lowest BCUT2D eigenvalue weighted by Crippen LogP contribution is -2.10. The molecule has 68 valence electrons. The van der Waals surface area contributed by atoms with E-state index in [0.29, 0.717) is 4.47 Å². The number of esters is 1. The van der Waals surface area contributed by atoms with Crippen molar-refractivity contribution in [3.8, 4) is 0 Å². The molecule has 13 heavy (non-hydrogen) atoms. The van der Waals surface area contributed by atoms with Crippen LogP contribution < -0.4 is 0 Å². The third-order valence-electron chi connectivity index (χ3n) is 1.27. The number of carbonyl (C=O) groups is 2. The van der Waals surface area contributed by atoms with E-state index in [9.17, 15) is 9.59 Å². The van der Waals surface area contributed by atoms with Crippen LogP contribution in [0.1, 0.15) is 10.4 Å². The summed E-state index contributed by atoms with van der Waals surface area (Å²) >= 11 is 3.09. The van der Waals surface area contributed by atoms with Crippen molar-refractivity contribution in [3.05, 3.63) is 34.3 Å². The lowest BCUT2D eigenvalue weighted by atomic mass is 10.2. The number of rotatable bonds is 1. The zero-order valence-electron chi connectivity index (χ0n) is 6.36. The monoisotopic (exact) mass is 244 g/mol. The SMILES string of the molecule is O=C(O)OC(=O)c1ccccc1Br. The molecule has 0 radical (unpaired) electrons. The number of ether oxygens (including phenoxy) is 1. The van der Waals surface area contributed by atoms with Crippen LogP contribution in [-0.4, -0.2) is 17.2 Å². The minimum absolute atomic E-state index is 0.185. The molecule has 0 aliphatic rings. The van der Waals surface area contributed by atoms with Gasteiger partial charge in [-0.05, 0) is 28.1 Å². The van der Waals surface area contributed by atoms with Crippen LogP contribution in [0.4, 0.5) is 4.79 Å². The third-order valence-corrected chi connectivity index (χ3v) is 1.97. The molecule has 1 N–H and O–H groups in total. The van der Waals surface area contributed by atoms with Crippen molar-refractivity contribution < 1.29 is 19.4 Å². The van der Waals surface area contributed by atoms with Crippen molar-refractivity contribution in [2.45, 2.75) is 0 Å². The molecule has 1 aromatic carbocycles. The van der Waals surface area contributed by atoms with E-state index in [4.69, 9.17) is 5.11 Å². The summed E-state index contributed by atoms with van der Waals surface area (Å²) in [7, 11) is 0. The van der Waals surface area contributed by atoms with Crippen molar-refractivity contribution in [1.82, 2.24) is 0 Å². The summed E-state index contributed by atoms with van der Waals surface area (Å²) in [4.78, 5) is 21.1. The highest BCUT2D eigenvalue weighted by atomic mass is 79.9. The lowest BCUT2D eigenvalue weighted by molar-refractivity contribution is 0.0508. The second-order valence-electron chi connectivity index (χ2n) is 2.14. The molecule has 0 spiro atoms. The Balaban J connectivity index is 2.89. The van der Waals surface area contributed by atoms with Gasteiger partial charge in [0.2, 0.25) is 0 Å². The van der Waals surface area contributed by atoms with Gasteiger partial charge in [0.25, 0.3) is 0 Å². The van der Waals surface area contributed by atoms with Gasteiger partial charge in [0, 0.05) is 4.47 Å². The highest BCUT2D eigenvalue weighted by Gasteiger charge is 2.13. The van der Waals surface area contributed by atoms with E-state index in [1.54, 1.807) is 18.2 Å². The Hall–Kier alpha value is -1.36. The highest BCUT2D eigenvalue weighted by Crippen LogP contribution is 2.16. The van der Waals surface area contributed by atoms with Crippen LogP contribution >= 0.6 is 15.9 Å². The van der Waals surface area contributed by atoms with E-state index >= 15 is 0 Å². The standard InChI is InChI=1S/C8H5BrO4/c9-6-4-2-1-3-5(6)7(10)13-8(11)12/h1-4H,(H,11,12). The molecule has 0 unspecified atom stereocenters. The normalized spacial score (nSPS) is 9.31. The van der Waals surface area contributed by atoms with Crippen molar-refractivity contribution in [3.63, 3.8) is 0 Å². The zero-order valence-corrected chi connectivity index (χ0v) is 7.95. The summed E-state index contributed by atoms with van der Waals surface area (Å²) in [6.45, 7) is 0. The summed E-state index contributed by atoms with van der Waals surface area (Å²) in [6.07, 6.45) is -1.61. The average molecular weight is 245 g/mol. The maximum absolute atomic E-state index is 11.0. The molecule has 5 heteroatoms. The topological polar surface area (TPSA) is 63.6 Å². The van der Waals surface area contributed by atoms with Crippen molar-refractivity contribution in [2.75, 3.05) is 0 Å². The van der Waals surface area contributed by atoms with Crippen LogP contribution in [0.15, 0.2) is 28.7 Å². The van der Waals surface area contributed by atoms with Gasteiger partial charge >= 0.3 is 12.1 Å². The van der Waals surface area contributed by atoms with Gasteiger partial charge in [-0.2, -0.15) is 0 Å². The second-order valence-corrected chi connectivity index (χ2v) is 2.99. The number of carboxylic acid groups (broad SMARTS) is 1. The molecule has 0 aliphatic carbocycles. The molecule has 0 aromatic heterocycles. The third kappa shape index (κ3) is 2.55. The Morgan fingerprint density at radius 1 is 1.31 bits per heavy atom. The van der Waals surface area contributed by atoms with E-state index in [1.807, 2.05) is 0 Å². The van der Waals surface area contributed by atoms with Gasteiger partial charge in [-0.25, -0.2) is 9.59 Å². The highest BCUT2D eigenvalue weighted by molar-refractivity contribution is 9.10. The van der Waals surface area contributed by atoms with Gasteiger partial charge in [0.15, 0.2) is 0 Å². The molecule has 0 aliphatic heterocycles. The fourth-order valence-electron chi connectivity index (χ4n) is 0.761. The van der Waals surface area contributed by atoms with Crippen LogP contribution in [-0.2, 0) is 4.74 Å². The average Bonchev–Trinajstić information content (AvgIpc) is 2.03. The van der Waals surface area contributed by atoms with E-state index in [0.717, 1.165) is 0 Å². The number of carbonyl (C=O) groups excluding carboxylic acids is 1. The Morgan fingerprint density at radius 3 is 2.46 bits per heavy atom. The maximum atomic E-state index is 11.0. The van der Waals surface area contributed by atoms with E-state index in [2.05, 4.69) is 20.7 Å². The molecule has 0 atom stereocenters. The molecule has 1 aromatic rings. The summed E-state index contributed by atoms with van der Waals surface area (Å²) < 4.78 is 4.47. The van der Waals surface area contributed by atoms with Gasteiger partial charge in [-0.1, -0.05) is 12.1 Å². The maximum Gasteiger partial charge on any atom is 0.513 e. The van der Waals surface area contributed by atoms with Crippen LogP contribution in [0.5, 0.6) is 0 Å². The van der Waals surface area contributed by atoms with E-state index in [1.165, 1.54) is 6.07 Å². The lowest BCUT2D eigenvalue weighted by Gasteiger charge is -2.00. The molecule has 0 saturated carbocycles. The number of hydrogen-bond donors (Lipinski definition) is 1. The van der Waals surface area contributed by atoms with Gasteiger partial charge in [0.05, 0.1) is 5.56 Å². The molecule has 0 heterocycles. The predicted molar refractivity (Wildman–Crippen MR) is 47.6 cm³/mol. The van der Waals surface area contributed by atoms with Gasteiger partial charge in [0.1, 0.15) is 0 Å². The minimum Gasteiger partial charge on any atom is -0.449 e. The molecule has 0 amide bonds. The van der Waals surface area contributed by atoms with Crippen molar-refractivity contribution >= 4 is 28.1 Å². The fourth-order valence-corrected chi connectivity index (χ4v) is 1.21. The smallest absolute Gasteiger partial charge is 0.449 e. The first-order valence-corrected chi connectivity index (χ1v) is 4.10. The number of benzene rings is 1. The number of halogens is 1. The van der Waals surface area contributed by atoms with Gasteiger partial charge in [-0.3, -0.25) is 0 Å². The summed E-state index contributed by atoms with van der Waals surface area (Å²) in [5.74, 6) is -0.889. The molecular weight excluding hydrogens is 240 g/mol. The largest absolute Gasteiger partial charge is 0.513 e. The number of hydrogen-bond acceptors (Lipinski definition) is 3. The zero-order chi connectivity index (χ0) is 9.84. The Kier molecular flexibility index (Phi) is 3.02.